The van der Waals surface area contributed by atoms with Gasteiger partial charge in [0.05, 0.1) is 10.9 Å². The number of Topliss-reactive ketones (excluding diaryl/α,β-unsaturated/α-hetero) is 1. The minimum atomic E-state index is -1.19. The van der Waals surface area contributed by atoms with Gasteiger partial charge in [0.15, 0.2) is 12.4 Å². The molecule has 0 aromatic rings. The number of hydrogen-bond acceptors (Lipinski definition) is 7. The molecule has 2 rings (SSSR count). The second kappa shape index (κ2) is 6.08. The number of ether oxygens (including phenoxy) is 1. The molecule has 22 heavy (non-hydrogen) atoms. The van der Waals surface area contributed by atoms with Crippen LogP contribution < -0.4 is 0 Å². The normalized spacial score (nSPS) is 28.0. The predicted octanol–water partition coefficient (Wildman–Crippen LogP) is 0.732. The zero-order valence-corrected chi connectivity index (χ0v) is 13.2. The molecule has 0 saturated carbocycles. The fourth-order valence-electron chi connectivity index (χ4n) is 2.73. The lowest BCUT2D eigenvalue weighted by molar-refractivity contribution is -0.156. The van der Waals surface area contributed by atoms with E-state index in [0.29, 0.717) is 18.6 Å². The summed E-state index contributed by atoms with van der Waals surface area (Å²) < 4.78 is 4.98. The van der Waals surface area contributed by atoms with Crippen molar-refractivity contribution in [2.24, 2.45) is 5.92 Å². The van der Waals surface area contributed by atoms with E-state index in [1.807, 2.05) is 6.92 Å². The Morgan fingerprint density at radius 1 is 1.64 bits per heavy atom. The van der Waals surface area contributed by atoms with Gasteiger partial charge >= 0.3 is 5.97 Å². The summed E-state index contributed by atoms with van der Waals surface area (Å²) >= 11 is 1.54. The van der Waals surface area contributed by atoms with E-state index in [1.54, 1.807) is 11.0 Å². The summed E-state index contributed by atoms with van der Waals surface area (Å²) in [6.45, 7) is 2.73. The van der Waals surface area contributed by atoms with E-state index in [4.69, 9.17) is 15.4 Å². The van der Waals surface area contributed by atoms with Crippen LogP contribution in [0.5, 0.6) is 0 Å². The minimum Gasteiger partial charge on any atom is -0.456 e. The average molecular weight is 323 g/mol. The van der Waals surface area contributed by atoms with E-state index < -0.39 is 30.3 Å². The van der Waals surface area contributed by atoms with Gasteiger partial charge in [-0.05, 0) is 20.3 Å². The Labute approximate surface area is 132 Å². The molecule has 8 heteroatoms. The maximum atomic E-state index is 12.1. The molecule has 0 spiro atoms. The molecule has 0 aromatic heterocycles. The summed E-state index contributed by atoms with van der Waals surface area (Å²) in [6.07, 6.45) is 1.11. The van der Waals surface area contributed by atoms with Crippen molar-refractivity contribution in [1.82, 2.24) is 4.90 Å². The van der Waals surface area contributed by atoms with Crippen LogP contribution >= 0.6 is 11.8 Å². The molecule has 7 nitrogen and oxygen atoms in total. The Hall–Kier alpha value is -1.88. The highest BCUT2D eigenvalue weighted by Crippen LogP contribution is 2.47. The van der Waals surface area contributed by atoms with E-state index >= 15 is 0 Å². The lowest BCUT2D eigenvalue weighted by Crippen LogP contribution is -2.47. The zero-order valence-electron chi connectivity index (χ0n) is 12.4. The number of fused-ring (bicyclic) bond motifs is 1. The molecular formula is C14H17N3O4S. The van der Waals surface area contributed by atoms with Crippen molar-refractivity contribution >= 4 is 35.1 Å². The van der Waals surface area contributed by atoms with Gasteiger partial charge in [-0.25, -0.2) is 4.79 Å². The van der Waals surface area contributed by atoms with E-state index in [0.717, 1.165) is 0 Å². The van der Waals surface area contributed by atoms with Crippen molar-refractivity contribution in [1.29, 1.82) is 10.7 Å². The summed E-state index contributed by atoms with van der Waals surface area (Å²) in [6, 6.07) is 1.03. The Balaban J connectivity index is 1.96. The molecule has 0 aromatic carbocycles. The van der Waals surface area contributed by atoms with Gasteiger partial charge in [-0.1, -0.05) is 0 Å². The lowest BCUT2D eigenvalue weighted by Gasteiger charge is -2.29. The molecular weight excluding hydrogens is 306 g/mol. The molecule has 2 aliphatic rings. The van der Waals surface area contributed by atoms with E-state index in [-0.39, 0.29) is 16.5 Å². The smallest absolute Gasteiger partial charge is 0.330 e. The van der Waals surface area contributed by atoms with E-state index in [2.05, 4.69) is 0 Å². The fourth-order valence-corrected chi connectivity index (χ4v) is 4.14. The number of nitrogens with one attached hydrogen (secondary N) is 1. The Bertz CT molecular complexity index is 585. The second-order valence-corrected chi connectivity index (χ2v) is 7.09. The number of nitriles is 1. The number of nitrogens with zero attached hydrogens (tertiary/aromatic N) is 2. The van der Waals surface area contributed by atoms with Crippen molar-refractivity contribution < 1.29 is 19.1 Å². The van der Waals surface area contributed by atoms with Crippen LogP contribution in [0.4, 0.5) is 0 Å². The van der Waals surface area contributed by atoms with E-state index in [1.165, 1.54) is 18.7 Å². The molecule has 3 atom stereocenters. The van der Waals surface area contributed by atoms with Crippen LogP contribution in [0.2, 0.25) is 0 Å². The molecule has 118 valence electrons. The Morgan fingerprint density at radius 3 is 2.91 bits per heavy atom. The van der Waals surface area contributed by atoms with Gasteiger partial charge in [-0.3, -0.25) is 9.59 Å². The summed E-state index contributed by atoms with van der Waals surface area (Å²) in [5.74, 6) is -2.07. The molecule has 2 heterocycles. The minimum absolute atomic E-state index is 0.0778. The van der Waals surface area contributed by atoms with Crippen molar-refractivity contribution in [3.63, 3.8) is 0 Å². The van der Waals surface area contributed by atoms with Crippen LogP contribution in [0, 0.1) is 22.7 Å². The third kappa shape index (κ3) is 2.86. The highest BCUT2D eigenvalue weighted by Gasteiger charge is 2.53. The first kappa shape index (κ1) is 16.5. The predicted molar refractivity (Wildman–Crippen MR) is 79.2 cm³/mol. The summed E-state index contributed by atoms with van der Waals surface area (Å²) in [7, 11) is 0. The largest absolute Gasteiger partial charge is 0.456 e. The van der Waals surface area contributed by atoms with Gasteiger partial charge < -0.3 is 15.0 Å². The average Bonchev–Trinajstić information content (AvgIpc) is 2.94. The first-order valence-electron chi connectivity index (χ1n) is 6.90. The van der Waals surface area contributed by atoms with Crippen LogP contribution in [0.25, 0.3) is 0 Å². The lowest BCUT2D eigenvalue weighted by atomic mass is 10.0. The Morgan fingerprint density at radius 2 is 2.32 bits per heavy atom. The van der Waals surface area contributed by atoms with Crippen LogP contribution in [-0.4, -0.2) is 51.5 Å². The topological polar surface area (TPSA) is 111 Å². The third-order valence-electron chi connectivity index (χ3n) is 3.96. The first-order chi connectivity index (χ1) is 10.3. The van der Waals surface area contributed by atoms with Gasteiger partial charge in [-0.2, -0.15) is 5.26 Å². The number of carbonyl (C=O) groups is 3. The van der Waals surface area contributed by atoms with Crippen molar-refractivity contribution in [3.05, 3.63) is 0 Å². The highest BCUT2D eigenvalue weighted by molar-refractivity contribution is 8.01. The van der Waals surface area contributed by atoms with Crippen molar-refractivity contribution in [2.45, 2.75) is 37.6 Å². The Kier molecular flexibility index (Phi) is 4.56. The van der Waals surface area contributed by atoms with Gasteiger partial charge in [-0.15, -0.1) is 11.8 Å². The van der Waals surface area contributed by atoms with Crippen LogP contribution in [0.3, 0.4) is 0 Å². The summed E-state index contributed by atoms with van der Waals surface area (Å²) in [4.78, 5) is 37.0. The number of hydrogen-bond donors (Lipinski definition) is 1. The first-order valence-corrected chi connectivity index (χ1v) is 7.89. The maximum absolute atomic E-state index is 12.1. The SMILES string of the molecule is CC(=N)C(C#N)C(=O)COC(=O)[C@H]1CS[C@]2(C)CCC(=O)N12. The molecule has 2 saturated heterocycles. The molecule has 2 fully saturated rings. The monoisotopic (exact) mass is 323 g/mol. The summed E-state index contributed by atoms with van der Waals surface area (Å²) in [5.41, 5.74) is -0.0812. The van der Waals surface area contributed by atoms with Crippen LogP contribution in [0.15, 0.2) is 0 Å². The highest BCUT2D eigenvalue weighted by atomic mass is 32.2. The van der Waals surface area contributed by atoms with Crippen molar-refractivity contribution in [2.75, 3.05) is 12.4 Å². The van der Waals surface area contributed by atoms with E-state index in [9.17, 15) is 14.4 Å². The van der Waals surface area contributed by atoms with Crippen molar-refractivity contribution in [3.8, 4) is 6.07 Å². The fraction of sp³-hybridized carbons (Fsp3) is 0.643. The number of amides is 1. The van der Waals surface area contributed by atoms with Crippen LogP contribution in [0.1, 0.15) is 26.7 Å². The number of thioether (sulfide) groups is 1. The quantitative estimate of drug-likeness (QED) is 0.590. The standard InChI is InChI=1S/C14H17N3O4S/c1-8(16)9(5-15)11(18)6-21-13(20)10-7-22-14(2)4-3-12(19)17(10)14/h9-10,16H,3-4,6-7H2,1-2H3/t9?,10-,14-/m1/s1. The number of esters is 1. The molecule has 1 amide bonds. The molecule has 0 radical (unpaired) electrons. The summed E-state index contributed by atoms with van der Waals surface area (Å²) in [5, 5.41) is 16.2. The van der Waals surface area contributed by atoms with Gasteiger partial charge in [0.1, 0.15) is 12.0 Å². The molecule has 0 bridgehead atoms. The van der Waals surface area contributed by atoms with Gasteiger partial charge in [0, 0.05) is 17.9 Å². The molecule has 0 aliphatic carbocycles. The third-order valence-corrected chi connectivity index (χ3v) is 5.46. The number of carbonyl (C=O) groups excluding carboxylic acids is 3. The number of ketones is 1. The van der Waals surface area contributed by atoms with Crippen LogP contribution in [-0.2, 0) is 19.1 Å². The zero-order chi connectivity index (χ0) is 16.5. The number of rotatable bonds is 5. The maximum Gasteiger partial charge on any atom is 0.330 e. The van der Waals surface area contributed by atoms with Gasteiger partial charge in [0.25, 0.3) is 0 Å². The molecule has 2 aliphatic heterocycles. The van der Waals surface area contributed by atoms with Gasteiger partial charge in [0.2, 0.25) is 5.91 Å². The second-order valence-electron chi connectivity index (χ2n) is 5.58. The molecule has 1 N–H and O–H groups in total. The molecule has 1 unspecified atom stereocenters.